The highest BCUT2D eigenvalue weighted by atomic mass is 32.2. The zero-order valence-electron chi connectivity index (χ0n) is 9.60. The number of aryl methyl sites for hydroxylation is 2. The molecule has 6 heteroatoms. The second-order valence-corrected chi connectivity index (χ2v) is 4.78. The summed E-state index contributed by atoms with van der Waals surface area (Å²) in [6.45, 7) is 3.66. The van der Waals surface area contributed by atoms with Crippen molar-refractivity contribution in [2.75, 3.05) is 18.1 Å². The van der Waals surface area contributed by atoms with Crippen molar-refractivity contribution in [1.29, 1.82) is 0 Å². The highest BCUT2D eigenvalue weighted by Crippen LogP contribution is 2.30. The molecule has 0 bridgehead atoms. The molecule has 0 radical (unpaired) electrons. The molecule has 2 nitrogen and oxygen atoms in total. The number of benzene rings is 1. The molecule has 0 heterocycles. The van der Waals surface area contributed by atoms with Crippen molar-refractivity contribution in [2.24, 2.45) is 0 Å². The molecule has 0 aliphatic heterocycles. The van der Waals surface area contributed by atoms with Gasteiger partial charge in [0.2, 0.25) is 0 Å². The van der Waals surface area contributed by atoms with Crippen LogP contribution in [-0.4, -0.2) is 17.9 Å². The molecule has 0 amide bonds. The number of alkyl halides is 3. The molecule has 1 aromatic carbocycles. The van der Waals surface area contributed by atoms with E-state index in [0.29, 0.717) is 11.4 Å². The molecule has 0 fully saturated rings. The average molecular weight is 265 g/mol. The number of halogens is 3. The molecular weight excluding hydrogens is 251 g/mol. The van der Waals surface area contributed by atoms with Crippen LogP contribution in [0.3, 0.4) is 0 Å². The van der Waals surface area contributed by atoms with Crippen LogP contribution in [0.2, 0.25) is 0 Å². The van der Waals surface area contributed by atoms with Gasteiger partial charge in [-0.3, -0.25) is 0 Å². The number of hydrogen-bond acceptors (Lipinski definition) is 3. The maximum absolute atomic E-state index is 11.9. The lowest BCUT2D eigenvalue weighted by Gasteiger charge is -2.12. The van der Waals surface area contributed by atoms with Gasteiger partial charge in [0.05, 0.1) is 6.61 Å². The van der Waals surface area contributed by atoms with E-state index in [1.165, 1.54) is 0 Å². The number of thioether (sulfide) groups is 1. The summed E-state index contributed by atoms with van der Waals surface area (Å²) in [5, 5.41) is 0. The van der Waals surface area contributed by atoms with E-state index in [1.807, 2.05) is 13.8 Å². The van der Waals surface area contributed by atoms with Gasteiger partial charge >= 0.3 is 5.51 Å². The van der Waals surface area contributed by atoms with Gasteiger partial charge in [-0.25, -0.2) is 0 Å². The quantitative estimate of drug-likeness (QED) is 0.668. The molecule has 96 valence electrons. The summed E-state index contributed by atoms with van der Waals surface area (Å²) in [4.78, 5) is 0. The zero-order chi connectivity index (χ0) is 13.1. The van der Waals surface area contributed by atoms with Crippen molar-refractivity contribution in [2.45, 2.75) is 19.4 Å². The van der Waals surface area contributed by atoms with Gasteiger partial charge in [-0.2, -0.15) is 13.2 Å². The molecule has 0 saturated heterocycles. The predicted molar refractivity (Wildman–Crippen MR) is 64.3 cm³/mol. The van der Waals surface area contributed by atoms with Gasteiger partial charge in [0.1, 0.15) is 5.75 Å². The van der Waals surface area contributed by atoms with Crippen LogP contribution in [0.5, 0.6) is 5.75 Å². The molecule has 0 saturated carbocycles. The van der Waals surface area contributed by atoms with Gasteiger partial charge in [0.15, 0.2) is 0 Å². The predicted octanol–water partition coefficient (Wildman–Crippen LogP) is 3.52. The summed E-state index contributed by atoms with van der Waals surface area (Å²) in [5.74, 6) is 0.464. The molecule has 0 spiro atoms. The fourth-order valence-corrected chi connectivity index (χ4v) is 1.67. The number of hydrogen-bond donors (Lipinski definition) is 1. The molecule has 0 atom stereocenters. The largest absolute Gasteiger partial charge is 0.492 e. The van der Waals surface area contributed by atoms with Crippen LogP contribution < -0.4 is 10.5 Å². The van der Waals surface area contributed by atoms with Gasteiger partial charge in [-0.05, 0) is 48.9 Å². The van der Waals surface area contributed by atoms with Crippen LogP contribution in [0.25, 0.3) is 0 Å². The van der Waals surface area contributed by atoms with Gasteiger partial charge in [0, 0.05) is 11.4 Å². The Bertz CT molecular complexity index is 393. The minimum atomic E-state index is -4.20. The normalized spacial score (nSPS) is 11.6. The fourth-order valence-electron chi connectivity index (χ4n) is 1.28. The van der Waals surface area contributed by atoms with E-state index < -0.39 is 5.51 Å². The fraction of sp³-hybridized carbons (Fsp3) is 0.455. The van der Waals surface area contributed by atoms with Gasteiger partial charge in [-0.1, -0.05) is 0 Å². The Morgan fingerprint density at radius 1 is 1.24 bits per heavy atom. The number of anilines is 1. The molecule has 2 N–H and O–H groups in total. The van der Waals surface area contributed by atoms with Gasteiger partial charge in [-0.15, -0.1) is 0 Å². The Kier molecular flexibility index (Phi) is 4.56. The zero-order valence-corrected chi connectivity index (χ0v) is 10.4. The van der Waals surface area contributed by atoms with Crippen molar-refractivity contribution >= 4 is 17.4 Å². The highest BCUT2D eigenvalue weighted by molar-refractivity contribution is 8.00. The summed E-state index contributed by atoms with van der Waals surface area (Å²) in [5.41, 5.74) is 3.83. The Balaban J connectivity index is 2.50. The molecule has 17 heavy (non-hydrogen) atoms. The van der Waals surface area contributed by atoms with Crippen LogP contribution in [-0.2, 0) is 0 Å². The monoisotopic (exact) mass is 265 g/mol. The number of rotatable bonds is 4. The minimum absolute atomic E-state index is 0.0222. The Hall–Kier alpha value is -1.04. The van der Waals surface area contributed by atoms with E-state index >= 15 is 0 Å². The molecule has 0 aromatic heterocycles. The van der Waals surface area contributed by atoms with Crippen LogP contribution in [0, 0.1) is 13.8 Å². The van der Waals surface area contributed by atoms with E-state index in [2.05, 4.69) is 0 Å². The summed E-state index contributed by atoms with van der Waals surface area (Å²) >= 11 is -0.0837. The third-order valence-corrected chi connectivity index (χ3v) is 2.87. The lowest BCUT2D eigenvalue weighted by molar-refractivity contribution is -0.0329. The first-order valence-electron chi connectivity index (χ1n) is 5.00. The molecule has 0 unspecified atom stereocenters. The summed E-state index contributed by atoms with van der Waals surface area (Å²) in [7, 11) is 0. The van der Waals surface area contributed by atoms with Crippen LogP contribution in [0.1, 0.15) is 11.1 Å². The van der Waals surface area contributed by atoms with Gasteiger partial charge < -0.3 is 10.5 Å². The van der Waals surface area contributed by atoms with Crippen LogP contribution in [0.15, 0.2) is 12.1 Å². The van der Waals surface area contributed by atoms with E-state index in [1.54, 1.807) is 12.1 Å². The molecule has 1 aromatic rings. The summed E-state index contributed by atoms with van der Waals surface area (Å²) in [6.07, 6.45) is 0. The Morgan fingerprint density at radius 2 is 1.88 bits per heavy atom. The minimum Gasteiger partial charge on any atom is -0.492 e. The van der Waals surface area contributed by atoms with Crippen molar-refractivity contribution in [3.05, 3.63) is 23.3 Å². The Labute approximate surface area is 102 Å². The Morgan fingerprint density at radius 3 is 2.47 bits per heavy atom. The third kappa shape index (κ3) is 4.77. The molecule has 0 aliphatic carbocycles. The van der Waals surface area contributed by atoms with E-state index in [-0.39, 0.29) is 24.1 Å². The van der Waals surface area contributed by atoms with E-state index in [9.17, 15) is 13.2 Å². The maximum Gasteiger partial charge on any atom is 0.441 e. The number of ether oxygens (including phenoxy) is 1. The summed E-state index contributed by atoms with van der Waals surface area (Å²) < 4.78 is 40.9. The topological polar surface area (TPSA) is 35.2 Å². The first-order valence-corrected chi connectivity index (χ1v) is 5.98. The lowest BCUT2D eigenvalue weighted by atomic mass is 10.1. The molecule has 1 rings (SSSR count). The van der Waals surface area contributed by atoms with Crippen molar-refractivity contribution in [3.8, 4) is 5.75 Å². The smallest absolute Gasteiger partial charge is 0.441 e. The van der Waals surface area contributed by atoms with E-state index in [4.69, 9.17) is 10.5 Å². The first-order chi connectivity index (χ1) is 7.79. The SMILES string of the molecule is Cc1cc(OCCSC(F)(F)F)c(C)cc1N. The van der Waals surface area contributed by atoms with E-state index in [0.717, 1.165) is 11.1 Å². The second-order valence-electron chi connectivity index (χ2n) is 3.62. The lowest BCUT2D eigenvalue weighted by Crippen LogP contribution is -2.08. The highest BCUT2D eigenvalue weighted by Gasteiger charge is 2.27. The average Bonchev–Trinajstić information content (AvgIpc) is 2.18. The van der Waals surface area contributed by atoms with Crippen molar-refractivity contribution in [1.82, 2.24) is 0 Å². The van der Waals surface area contributed by atoms with Gasteiger partial charge in [0.25, 0.3) is 0 Å². The number of nitrogen functional groups attached to an aromatic ring is 1. The standard InChI is InChI=1S/C11H14F3NOS/c1-7-6-10(8(2)5-9(7)15)16-3-4-17-11(12,13)14/h5-6H,3-4,15H2,1-2H3. The summed E-state index contributed by atoms with van der Waals surface area (Å²) in [6, 6.07) is 3.49. The first kappa shape index (κ1) is 14.0. The van der Waals surface area contributed by atoms with Crippen molar-refractivity contribution < 1.29 is 17.9 Å². The maximum atomic E-state index is 11.9. The molecular formula is C11H14F3NOS. The van der Waals surface area contributed by atoms with Crippen LogP contribution in [0.4, 0.5) is 18.9 Å². The van der Waals surface area contributed by atoms with Crippen LogP contribution >= 0.6 is 11.8 Å². The van der Waals surface area contributed by atoms with Crippen molar-refractivity contribution in [3.63, 3.8) is 0 Å². The molecule has 0 aliphatic rings. The third-order valence-electron chi connectivity index (χ3n) is 2.17. The number of nitrogens with two attached hydrogens (primary N) is 1. The second kappa shape index (κ2) is 5.53.